The molecule has 0 saturated heterocycles. The third kappa shape index (κ3) is 4.84. The molecule has 0 aromatic carbocycles. The number of nitrogens with one attached hydrogen (secondary N) is 2. The normalized spacial score (nSPS) is 13.2. The predicted molar refractivity (Wildman–Crippen MR) is 95.0 cm³/mol. The van der Waals surface area contributed by atoms with E-state index in [-0.39, 0.29) is 0 Å². The average Bonchev–Trinajstić information content (AvgIpc) is 3.01. The van der Waals surface area contributed by atoms with E-state index in [0.29, 0.717) is 18.4 Å². The molecule has 1 unspecified atom stereocenters. The first-order valence-electron chi connectivity index (χ1n) is 8.27. The Kier molecular flexibility index (Phi) is 6.00. The number of aromatic nitrogens is 3. The Labute approximate surface area is 143 Å². The number of guanidine groups is 1. The number of oxazole rings is 1. The summed E-state index contributed by atoms with van der Waals surface area (Å²) in [7, 11) is 1.76. The molecule has 0 spiro atoms. The second kappa shape index (κ2) is 7.99. The molecule has 0 amide bonds. The number of hydrogen-bond acceptors (Lipinski definition) is 4. The fourth-order valence-corrected chi connectivity index (χ4v) is 2.49. The van der Waals surface area contributed by atoms with Gasteiger partial charge >= 0.3 is 0 Å². The zero-order chi connectivity index (χ0) is 17.7. The molecule has 0 aliphatic heterocycles. The molecule has 7 heteroatoms. The van der Waals surface area contributed by atoms with Crippen LogP contribution in [-0.4, -0.2) is 34.3 Å². The van der Waals surface area contributed by atoms with Gasteiger partial charge in [-0.1, -0.05) is 6.92 Å². The minimum absolute atomic E-state index is 0.424. The van der Waals surface area contributed by atoms with Gasteiger partial charge in [0, 0.05) is 25.8 Å². The van der Waals surface area contributed by atoms with Crippen molar-refractivity contribution in [2.45, 2.75) is 47.7 Å². The van der Waals surface area contributed by atoms with Crippen molar-refractivity contribution in [2.24, 2.45) is 10.9 Å². The van der Waals surface area contributed by atoms with Gasteiger partial charge in [-0.15, -0.1) is 0 Å². The van der Waals surface area contributed by atoms with Gasteiger partial charge in [-0.3, -0.25) is 9.67 Å². The summed E-state index contributed by atoms with van der Waals surface area (Å²) in [6.45, 7) is 12.3. The minimum atomic E-state index is 0.424. The maximum absolute atomic E-state index is 5.56. The Bertz CT molecular complexity index is 680. The van der Waals surface area contributed by atoms with Gasteiger partial charge in [0.1, 0.15) is 5.76 Å². The summed E-state index contributed by atoms with van der Waals surface area (Å²) in [6, 6.07) is 2.10. The largest absolute Gasteiger partial charge is 0.444 e. The lowest BCUT2D eigenvalue weighted by Crippen LogP contribution is -2.39. The molecule has 0 aliphatic carbocycles. The number of rotatable bonds is 6. The fourth-order valence-electron chi connectivity index (χ4n) is 2.49. The molecule has 132 valence electrons. The van der Waals surface area contributed by atoms with Gasteiger partial charge in [0.15, 0.2) is 5.96 Å². The average molecular weight is 332 g/mol. The molecule has 0 radical (unpaired) electrons. The molecular formula is C17H28N6O. The SMILES string of the molecule is CN=C(NCc1nc(C)c(C)o1)NCC(C)Cn1nc(C)cc1C. The highest BCUT2D eigenvalue weighted by atomic mass is 16.4. The standard InChI is InChI=1S/C17H28N6O/c1-11(10-23-13(3)7-12(2)22-23)8-19-17(18-6)20-9-16-21-14(4)15(5)24-16/h7,11H,8-10H2,1-6H3,(H2,18,19,20). The lowest BCUT2D eigenvalue weighted by atomic mass is 10.2. The Hall–Kier alpha value is -2.31. The number of aliphatic imine (C=N–C) groups is 1. The lowest BCUT2D eigenvalue weighted by Gasteiger charge is -2.16. The van der Waals surface area contributed by atoms with Crippen molar-refractivity contribution in [1.82, 2.24) is 25.4 Å². The number of nitrogens with zero attached hydrogens (tertiary/aromatic N) is 4. The first-order chi connectivity index (χ1) is 11.4. The van der Waals surface area contributed by atoms with Crippen molar-refractivity contribution in [1.29, 1.82) is 0 Å². The summed E-state index contributed by atoms with van der Waals surface area (Å²) in [5, 5.41) is 11.1. The zero-order valence-electron chi connectivity index (χ0n) is 15.5. The van der Waals surface area contributed by atoms with Crippen LogP contribution in [-0.2, 0) is 13.1 Å². The van der Waals surface area contributed by atoms with E-state index in [9.17, 15) is 0 Å². The van der Waals surface area contributed by atoms with Crippen LogP contribution in [0.5, 0.6) is 0 Å². The molecule has 2 N–H and O–H groups in total. The summed E-state index contributed by atoms with van der Waals surface area (Å²) in [5.41, 5.74) is 3.17. The Morgan fingerprint density at radius 3 is 2.58 bits per heavy atom. The lowest BCUT2D eigenvalue weighted by molar-refractivity contribution is 0.433. The van der Waals surface area contributed by atoms with E-state index in [1.807, 2.05) is 20.8 Å². The second-order valence-electron chi connectivity index (χ2n) is 6.27. The maximum atomic E-state index is 5.56. The quantitative estimate of drug-likeness (QED) is 0.625. The molecule has 0 bridgehead atoms. The zero-order valence-corrected chi connectivity index (χ0v) is 15.5. The van der Waals surface area contributed by atoms with Gasteiger partial charge in [-0.05, 0) is 39.7 Å². The Balaban J connectivity index is 1.79. The number of aryl methyl sites for hydroxylation is 4. The monoisotopic (exact) mass is 332 g/mol. The van der Waals surface area contributed by atoms with Crippen LogP contribution in [0.2, 0.25) is 0 Å². The summed E-state index contributed by atoms with van der Waals surface area (Å²) in [6.07, 6.45) is 0. The Morgan fingerprint density at radius 1 is 1.29 bits per heavy atom. The van der Waals surface area contributed by atoms with Crippen molar-refractivity contribution in [3.8, 4) is 0 Å². The summed E-state index contributed by atoms with van der Waals surface area (Å²) < 4.78 is 7.61. The first-order valence-corrected chi connectivity index (χ1v) is 8.27. The maximum Gasteiger partial charge on any atom is 0.214 e. The van der Waals surface area contributed by atoms with E-state index >= 15 is 0 Å². The molecule has 7 nitrogen and oxygen atoms in total. The highest BCUT2D eigenvalue weighted by molar-refractivity contribution is 5.79. The van der Waals surface area contributed by atoms with Crippen LogP contribution in [0.4, 0.5) is 0 Å². The smallest absolute Gasteiger partial charge is 0.214 e. The van der Waals surface area contributed by atoms with Crippen LogP contribution in [0, 0.1) is 33.6 Å². The minimum Gasteiger partial charge on any atom is -0.444 e. The summed E-state index contributed by atoms with van der Waals surface area (Å²) >= 11 is 0. The van der Waals surface area contributed by atoms with Crippen LogP contribution >= 0.6 is 0 Å². The molecule has 2 heterocycles. The topological polar surface area (TPSA) is 80.3 Å². The van der Waals surface area contributed by atoms with Gasteiger partial charge < -0.3 is 15.1 Å². The van der Waals surface area contributed by atoms with E-state index in [0.717, 1.165) is 36.2 Å². The molecule has 2 aromatic rings. The third-order valence-corrected chi connectivity index (χ3v) is 3.91. The van der Waals surface area contributed by atoms with E-state index in [1.165, 1.54) is 5.69 Å². The number of hydrogen-bond donors (Lipinski definition) is 2. The molecule has 24 heavy (non-hydrogen) atoms. The Morgan fingerprint density at radius 2 is 2.04 bits per heavy atom. The van der Waals surface area contributed by atoms with Crippen molar-refractivity contribution in [3.05, 3.63) is 34.8 Å². The van der Waals surface area contributed by atoms with Crippen LogP contribution in [0.1, 0.15) is 35.7 Å². The van der Waals surface area contributed by atoms with Crippen molar-refractivity contribution < 1.29 is 4.42 Å². The molecular weight excluding hydrogens is 304 g/mol. The summed E-state index contributed by atoms with van der Waals surface area (Å²) in [4.78, 5) is 8.59. The van der Waals surface area contributed by atoms with Gasteiger partial charge in [-0.2, -0.15) is 5.10 Å². The highest BCUT2D eigenvalue weighted by Gasteiger charge is 2.09. The van der Waals surface area contributed by atoms with E-state index in [1.54, 1.807) is 7.05 Å². The predicted octanol–water partition coefficient (Wildman–Crippen LogP) is 2.11. The molecule has 0 aliphatic rings. The first kappa shape index (κ1) is 18.0. The molecule has 1 atom stereocenters. The van der Waals surface area contributed by atoms with Gasteiger partial charge in [0.25, 0.3) is 0 Å². The van der Waals surface area contributed by atoms with Crippen LogP contribution in [0.25, 0.3) is 0 Å². The molecule has 0 saturated carbocycles. The molecule has 2 aromatic heterocycles. The third-order valence-electron chi connectivity index (χ3n) is 3.91. The summed E-state index contributed by atoms with van der Waals surface area (Å²) in [5.74, 6) is 2.69. The van der Waals surface area contributed by atoms with Gasteiger partial charge in [-0.25, -0.2) is 4.98 Å². The molecule has 2 rings (SSSR count). The van der Waals surface area contributed by atoms with E-state index in [2.05, 4.69) is 50.3 Å². The highest BCUT2D eigenvalue weighted by Crippen LogP contribution is 2.08. The second-order valence-corrected chi connectivity index (χ2v) is 6.27. The van der Waals surface area contributed by atoms with E-state index < -0.39 is 0 Å². The van der Waals surface area contributed by atoms with Crippen molar-refractivity contribution in [3.63, 3.8) is 0 Å². The van der Waals surface area contributed by atoms with E-state index in [4.69, 9.17) is 4.42 Å². The van der Waals surface area contributed by atoms with Crippen molar-refractivity contribution in [2.75, 3.05) is 13.6 Å². The van der Waals surface area contributed by atoms with Gasteiger partial charge in [0.2, 0.25) is 5.89 Å². The van der Waals surface area contributed by atoms with Crippen LogP contribution in [0.15, 0.2) is 15.5 Å². The van der Waals surface area contributed by atoms with Crippen LogP contribution < -0.4 is 10.6 Å². The molecule has 0 fully saturated rings. The van der Waals surface area contributed by atoms with Gasteiger partial charge in [0.05, 0.1) is 17.9 Å². The fraction of sp³-hybridized carbons (Fsp3) is 0.588. The van der Waals surface area contributed by atoms with Crippen LogP contribution in [0.3, 0.4) is 0 Å². The van der Waals surface area contributed by atoms with Crippen molar-refractivity contribution >= 4 is 5.96 Å².